The third-order valence-electron chi connectivity index (χ3n) is 3.13. The molecule has 0 aliphatic carbocycles. The maximum absolute atomic E-state index is 12.4. The van der Waals surface area contributed by atoms with E-state index in [1.165, 1.54) is 11.3 Å². The van der Waals surface area contributed by atoms with Crippen molar-refractivity contribution in [1.82, 2.24) is 9.88 Å². The number of rotatable bonds is 2. The van der Waals surface area contributed by atoms with Crippen LogP contribution in [0.2, 0.25) is 0 Å². The number of aromatic nitrogens is 1. The third-order valence-corrected chi connectivity index (χ3v) is 6.19. The lowest BCUT2D eigenvalue weighted by atomic mass is 10.2. The first-order valence-corrected chi connectivity index (χ1v) is 8.91. The SMILES string of the molecule is Cc1nc(C(C)C)sc1C(=O)N1CCS(=O)(=O)CC1. The van der Waals surface area contributed by atoms with Crippen LogP contribution in [0.15, 0.2) is 0 Å². The summed E-state index contributed by atoms with van der Waals surface area (Å²) in [4.78, 5) is 19.0. The summed E-state index contributed by atoms with van der Waals surface area (Å²) in [5, 5.41) is 0.950. The molecule has 1 saturated heterocycles. The fourth-order valence-electron chi connectivity index (χ4n) is 1.92. The summed E-state index contributed by atoms with van der Waals surface area (Å²) in [5.41, 5.74) is 0.743. The lowest BCUT2D eigenvalue weighted by Gasteiger charge is -2.26. The van der Waals surface area contributed by atoms with Crippen LogP contribution in [0, 0.1) is 6.92 Å². The van der Waals surface area contributed by atoms with E-state index >= 15 is 0 Å². The minimum absolute atomic E-state index is 0.0631. The molecule has 0 saturated carbocycles. The Balaban J connectivity index is 2.16. The molecule has 1 aliphatic rings. The summed E-state index contributed by atoms with van der Waals surface area (Å²) < 4.78 is 22.7. The van der Waals surface area contributed by atoms with Gasteiger partial charge in [-0.1, -0.05) is 13.8 Å². The molecule has 0 atom stereocenters. The number of amides is 1. The molecule has 1 amide bonds. The average molecular weight is 302 g/mol. The Hall–Kier alpha value is -0.950. The summed E-state index contributed by atoms with van der Waals surface area (Å²) in [6, 6.07) is 0. The van der Waals surface area contributed by atoms with Crippen molar-refractivity contribution in [3.05, 3.63) is 15.6 Å². The number of hydrogen-bond acceptors (Lipinski definition) is 5. The number of hydrogen-bond donors (Lipinski definition) is 0. The molecule has 0 unspecified atom stereocenters. The molecule has 1 fully saturated rings. The van der Waals surface area contributed by atoms with E-state index in [-0.39, 0.29) is 30.5 Å². The molecule has 1 aromatic rings. The molecule has 0 bridgehead atoms. The zero-order valence-corrected chi connectivity index (χ0v) is 13.0. The molecule has 0 spiro atoms. The molecule has 0 N–H and O–H groups in total. The molecule has 0 aromatic carbocycles. The van der Waals surface area contributed by atoms with Gasteiger partial charge < -0.3 is 4.90 Å². The van der Waals surface area contributed by atoms with Gasteiger partial charge in [0.25, 0.3) is 5.91 Å². The van der Waals surface area contributed by atoms with Crippen molar-refractivity contribution >= 4 is 27.1 Å². The number of aryl methyl sites for hydroxylation is 1. The van der Waals surface area contributed by atoms with E-state index in [0.717, 1.165) is 10.7 Å². The Morgan fingerprint density at radius 2 is 1.89 bits per heavy atom. The predicted octanol–water partition coefficient (Wildman–Crippen LogP) is 1.45. The lowest BCUT2D eigenvalue weighted by Crippen LogP contribution is -2.43. The monoisotopic (exact) mass is 302 g/mol. The molecule has 2 rings (SSSR count). The van der Waals surface area contributed by atoms with Gasteiger partial charge in [-0.2, -0.15) is 0 Å². The first-order valence-electron chi connectivity index (χ1n) is 6.27. The Morgan fingerprint density at radius 3 is 2.37 bits per heavy atom. The van der Waals surface area contributed by atoms with E-state index in [4.69, 9.17) is 0 Å². The van der Waals surface area contributed by atoms with Gasteiger partial charge in [-0.05, 0) is 6.92 Å². The number of carbonyl (C=O) groups excluding carboxylic acids is 1. The second-order valence-electron chi connectivity index (χ2n) is 5.07. The largest absolute Gasteiger partial charge is 0.336 e. The molecular weight excluding hydrogens is 284 g/mol. The first-order chi connectivity index (χ1) is 8.80. The standard InChI is InChI=1S/C12H18N2O3S2/c1-8(2)11-13-9(3)10(18-11)12(15)14-4-6-19(16,17)7-5-14/h8H,4-7H2,1-3H3. The molecule has 2 heterocycles. The van der Waals surface area contributed by atoms with Crippen LogP contribution in [0.4, 0.5) is 0 Å². The van der Waals surface area contributed by atoms with Gasteiger partial charge in [-0.25, -0.2) is 13.4 Å². The quantitative estimate of drug-likeness (QED) is 0.829. The van der Waals surface area contributed by atoms with Gasteiger partial charge in [-0.3, -0.25) is 4.79 Å². The summed E-state index contributed by atoms with van der Waals surface area (Å²) in [7, 11) is -2.96. The molecule has 1 aromatic heterocycles. The van der Waals surface area contributed by atoms with Crippen LogP contribution in [-0.2, 0) is 9.84 Å². The summed E-state index contributed by atoms with van der Waals surface area (Å²) in [6.45, 7) is 6.49. The average Bonchev–Trinajstić information content (AvgIpc) is 2.70. The molecule has 106 valence electrons. The van der Waals surface area contributed by atoms with Gasteiger partial charge in [0.05, 0.1) is 22.2 Å². The van der Waals surface area contributed by atoms with Crippen molar-refractivity contribution in [2.45, 2.75) is 26.7 Å². The second kappa shape index (κ2) is 5.20. The molecule has 1 aliphatic heterocycles. The summed E-state index contributed by atoms with van der Waals surface area (Å²) >= 11 is 1.42. The molecule has 5 nitrogen and oxygen atoms in total. The highest BCUT2D eigenvalue weighted by molar-refractivity contribution is 7.91. The molecule has 0 radical (unpaired) electrons. The van der Waals surface area contributed by atoms with Crippen LogP contribution in [0.1, 0.15) is 40.1 Å². The van der Waals surface area contributed by atoms with E-state index in [0.29, 0.717) is 10.8 Å². The van der Waals surface area contributed by atoms with Crippen LogP contribution in [0.3, 0.4) is 0 Å². The topological polar surface area (TPSA) is 67.3 Å². The van der Waals surface area contributed by atoms with Gasteiger partial charge in [0.2, 0.25) is 0 Å². The Bertz CT molecular complexity index is 576. The van der Waals surface area contributed by atoms with E-state index in [9.17, 15) is 13.2 Å². The van der Waals surface area contributed by atoms with E-state index in [2.05, 4.69) is 4.98 Å². The Morgan fingerprint density at radius 1 is 1.32 bits per heavy atom. The normalized spacial score (nSPS) is 18.8. The zero-order valence-electron chi connectivity index (χ0n) is 11.3. The van der Waals surface area contributed by atoms with Crippen molar-refractivity contribution in [2.24, 2.45) is 0 Å². The van der Waals surface area contributed by atoms with E-state index < -0.39 is 9.84 Å². The minimum Gasteiger partial charge on any atom is -0.336 e. The fourth-order valence-corrected chi connectivity index (χ4v) is 4.16. The molecular formula is C12H18N2O3S2. The van der Waals surface area contributed by atoms with Crippen LogP contribution < -0.4 is 0 Å². The molecule has 19 heavy (non-hydrogen) atoms. The van der Waals surface area contributed by atoms with Gasteiger partial charge in [0.1, 0.15) is 4.88 Å². The van der Waals surface area contributed by atoms with Crippen molar-refractivity contribution in [2.75, 3.05) is 24.6 Å². The number of nitrogens with zero attached hydrogens (tertiary/aromatic N) is 2. The third kappa shape index (κ3) is 3.14. The van der Waals surface area contributed by atoms with E-state index in [1.54, 1.807) is 4.90 Å². The lowest BCUT2D eigenvalue weighted by molar-refractivity contribution is 0.0774. The summed E-state index contributed by atoms with van der Waals surface area (Å²) in [5.74, 6) is 0.338. The van der Waals surface area contributed by atoms with E-state index in [1.807, 2.05) is 20.8 Å². The number of carbonyl (C=O) groups is 1. The van der Waals surface area contributed by atoms with Crippen LogP contribution in [-0.4, -0.2) is 48.8 Å². The first kappa shape index (κ1) is 14.5. The van der Waals surface area contributed by atoms with Crippen LogP contribution >= 0.6 is 11.3 Å². The van der Waals surface area contributed by atoms with Gasteiger partial charge in [-0.15, -0.1) is 11.3 Å². The maximum Gasteiger partial charge on any atom is 0.265 e. The predicted molar refractivity (Wildman–Crippen MR) is 75.5 cm³/mol. The van der Waals surface area contributed by atoms with Gasteiger partial charge in [0, 0.05) is 19.0 Å². The van der Waals surface area contributed by atoms with Crippen molar-refractivity contribution < 1.29 is 13.2 Å². The summed E-state index contributed by atoms with van der Waals surface area (Å²) in [6.07, 6.45) is 0. The van der Waals surface area contributed by atoms with Crippen molar-refractivity contribution in [1.29, 1.82) is 0 Å². The highest BCUT2D eigenvalue weighted by Gasteiger charge is 2.28. The van der Waals surface area contributed by atoms with Crippen LogP contribution in [0.5, 0.6) is 0 Å². The number of thiazole rings is 1. The number of sulfone groups is 1. The second-order valence-corrected chi connectivity index (χ2v) is 8.40. The van der Waals surface area contributed by atoms with Gasteiger partial charge >= 0.3 is 0 Å². The highest BCUT2D eigenvalue weighted by Crippen LogP contribution is 2.26. The minimum atomic E-state index is -2.96. The van der Waals surface area contributed by atoms with Gasteiger partial charge in [0.15, 0.2) is 9.84 Å². The van der Waals surface area contributed by atoms with Crippen molar-refractivity contribution in [3.63, 3.8) is 0 Å². The smallest absolute Gasteiger partial charge is 0.265 e. The van der Waals surface area contributed by atoms with Crippen molar-refractivity contribution in [3.8, 4) is 0 Å². The van der Waals surface area contributed by atoms with Crippen LogP contribution in [0.25, 0.3) is 0 Å². The Labute approximate surface area is 117 Å². The Kier molecular flexibility index (Phi) is 3.96. The fraction of sp³-hybridized carbons (Fsp3) is 0.667. The zero-order chi connectivity index (χ0) is 14.2. The highest BCUT2D eigenvalue weighted by atomic mass is 32.2. The molecule has 7 heteroatoms. The maximum atomic E-state index is 12.4.